The number of carboxylic acid groups (broad SMARTS) is 1. The van der Waals surface area contributed by atoms with Crippen LogP contribution >= 0.6 is 0 Å². The van der Waals surface area contributed by atoms with Crippen LogP contribution in [0.4, 0.5) is 4.39 Å². The second-order valence-electron chi connectivity index (χ2n) is 4.14. The zero-order valence-electron chi connectivity index (χ0n) is 7.50. The van der Waals surface area contributed by atoms with Gasteiger partial charge in [0.05, 0.1) is 6.42 Å². The lowest BCUT2D eigenvalue weighted by molar-refractivity contribution is -0.142. The predicted octanol–water partition coefficient (Wildman–Crippen LogP) is 0.895. The van der Waals surface area contributed by atoms with Crippen molar-refractivity contribution in [2.45, 2.75) is 24.9 Å². The van der Waals surface area contributed by atoms with Gasteiger partial charge < -0.3 is 10.0 Å². The summed E-state index contributed by atoms with van der Waals surface area (Å²) in [7, 11) is 0. The van der Waals surface area contributed by atoms with Crippen molar-refractivity contribution < 1.29 is 14.3 Å². The third-order valence-electron chi connectivity index (χ3n) is 3.29. The molecule has 2 aliphatic rings. The van der Waals surface area contributed by atoms with E-state index in [0.29, 0.717) is 6.42 Å². The number of fused-ring (bicyclic) bond motifs is 2. The summed E-state index contributed by atoms with van der Waals surface area (Å²) in [6, 6.07) is 0. The molecule has 0 aromatic rings. The highest BCUT2D eigenvalue weighted by Crippen LogP contribution is 2.40. The lowest BCUT2D eigenvalue weighted by Crippen LogP contribution is -2.44. The quantitative estimate of drug-likeness (QED) is 0.698. The van der Waals surface area contributed by atoms with Gasteiger partial charge in [-0.25, -0.2) is 4.39 Å². The molecule has 0 radical (unpaired) electrons. The summed E-state index contributed by atoms with van der Waals surface area (Å²) >= 11 is 0. The Balaban J connectivity index is 2.08. The van der Waals surface area contributed by atoms with Gasteiger partial charge >= 0.3 is 5.97 Å². The summed E-state index contributed by atoms with van der Waals surface area (Å²) in [6.45, 7) is 2.42. The van der Waals surface area contributed by atoms with Crippen molar-refractivity contribution in [3.05, 3.63) is 0 Å². The first-order valence-corrected chi connectivity index (χ1v) is 4.73. The van der Waals surface area contributed by atoms with E-state index in [1.54, 1.807) is 0 Å². The van der Waals surface area contributed by atoms with E-state index in [2.05, 4.69) is 4.90 Å². The Morgan fingerprint density at radius 3 is 3.08 bits per heavy atom. The molecular weight excluding hydrogens is 173 g/mol. The summed E-state index contributed by atoms with van der Waals surface area (Å²) in [4.78, 5) is 12.7. The van der Waals surface area contributed by atoms with Crippen molar-refractivity contribution >= 4 is 5.97 Å². The zero-order chi connectivity index (χ0) is 9.47. The zero-order valence-corrected chi connectivity index (χ0v) is 7.50. The van der Waals surface area contributed by atoms with Crippen LogP contribution < -0.4 is 0 Å². The van der Waals surface area contributed by atoms with Crippen molar-refractivity contribution in [2.24, 2.45) is 5.92 Å². The molecule has 13 heavy (non-hydrogen) atoms. The first-order chi connectivity index (χ1) is 6.10. The molecule has 0 aromatic heterocycles. The number of hydrogen-bond donors (Lipinski definition) is 1. The first-order valence-electron chi connectivity index (χ1n) is 4.73. The second kappa shape index (κ2) is 2.94. The maximum Gasteiger partial charge on any atom is 0.306 e. The Labute approximate surface area is 76.5 Å². The average Bonchev–Trinajstić information content (AvgIpc) is 2.42. The molecular formula is C9H14FNO2. The van der Waals surface area contributed by atoms with Gasteiger partial charge in [0, 0.05) is 19.0 Å². The van der Waals surface area contributed by atoms with Crippen LogP contribution in [0.25, 0.3) is 0 Å². The molecule has 0 spiro atoms. The van der Waals surface area contributed by atoms with Gasteiger partial charge in [0.15, 0.2) is 0 Å². The number of hydrogen-bond acceptors (Lipinski definition) is 2. The van der Waals surface area contributed by atoms with E-state index >= 15 is 0 Å². The van der Waals surface area contributed by atoms with Crippen LogP contribution in [0.3, 0.4) is 0 Å². The number of nitrogens with zero attached hydrogens (tertiary/aromatic N) is 1. The maximum atomic E-state index is 14.1. The Hall–Kier alpha value is -0.640. The molecule has 1 N–H and O–H groups in total. The van der Waals surface area contributed by atoms with Crippen LogP contribution in [0.2, 0.25) is 0 Å². The molecule has 0 amide bonds. The Bertz CT molecular complexity index is 234. The van der Waals surface area contributed by atoms with Gasteiger partial charge in [0.25, 0.3) is 0 Å². The molecule has 4 heteroatoms. The summed E-state index contributed by atoms with van der Waals surface area (Å²) in [6.07, 6.45) is 0.902. The summed E-state index contributed by atoms with van der Waals surface area (Å²) in [5, 5.41) is 8.60. The van der Waals surface area contributed by atoms with Crippen molar-refractivity contribution in [1.82, 2.24) is 4.90 Å². The van der Waals surface area contributed by atoms with Gasteiger partial charge in [0.2, 0.25) is 0 Å². The molecule has 2 aliphatic heterocycles. The average molecular weight is 187 g/mol. The minimum absolute atomic E-state index is 0.0441. The summed E-state index contributed by atoms with van der Waals surface area (Å²) < 4.78 is 14.1. The van der Waals surface area contributed by atoms with Crippen molar-refractivity contribution in [1.29, 1.82) is 0 Å². The first kappa shape index (κ1) is 8.94. The Morgan fingerprint density at radius 1 is 1.62 bits per heavy atom. The largest absolute Gasteiger partial charge is 0.481 e. The second-order valence-corrected chi connectivity index (χ2v) is 4.14. The highest BCUT2D eigenvalue weighted by Gasteiger charge is 2.47. The molecule has 2 bridgehead atoms. The van der Waals surface area contributed by atoms with E-state index in [1.165, 1.54) is 0 Å². The number of carboxylic acids is 1. The van der Waals surface area contributed by atoms with Crippen LogP contribution in [-0.4, -0.2) is 41.3 Å². The minimum Gasteiger partial charge on any atom is -0.481 e. The third-order valence-corrected chi connectivity index (χ3v) is 3.29. The van der Waals surface area contributed by atoms with Crippen molar-refractivity contribution in [3.8, 4) is 0 Å². The molecule has 3 unspecified atom stereocenters. The molecule has 2 fully saturated rings. The fourth-order valence-electron chi connectivity index (χ4n) is 2.49. The number of piperidine rings is 1. The normalized spacial score (nSPS) is 43.5. The summed E-state index contributed by atoms with van der Waals surface area (Å²) in [5.74, 6) is -1.06. The monoisotopic (exact) mass is 187 g/mol. The van der Waals surface area contributed by atoms with Crippen LogP contribution in [0.1, 0.15) is 19.3 Å². The van der Waals surface area contributed by atoms with Crippen LogP contribution in [0.15, 0.2) is 0 Å². The van der Waals surface area contributed by atoms with E-state index in [-0.39, 0.29) is 12.3 Å². The molecule has 3 atom stereocenters. The Kier molecular flexibility index (Phi) is 2.02. The predicted molar refractivity (Wildman–Crippen MR) is 45.3 cm³/mol. The number of alkyl halides is 1. The fourth-order valence-corrected chi connectivity index (χ4v) is 2.49. The van der Waals surface area contributed by atoms with E-state index < -0.39 is 11.6 Å². The SMILES string of the molecule is O=C(O)CC1(F)CCN2CCC1C2. The summed E-state index contributed by atoms with van der Waals surface area (Å²) in [5.41, 5.74) is -1.43. The van der Waals surface area contributed by atoms with E-state index in [0.717, 1.165) is 26.1 Å². The molecule has 0 aromatic carbocycles. The highest BCUT2D eigenvalue weighted by atomic mass is 19.1. The third kappa shape index (κ3) is 1.55. The Morgan fingerprint density at radius 2 is 2.38 bits per heavy atom. The standard InChI is InChI=1S/C9H14FNO2/c10-9(5-8(12)13)2-4-11-3-1-7(9)6-11/h7H,1-6H2,(H,12,13). The molecule has 2 rings (SSSR count). The van der Waals surface area contributed by atoms with E-state index in [1.807, 2.05) is 0 Å². The lowest BCUT2D eigenvalue weighted by Gasteiger charge is -2.35. The van der Waals surface area contributed by atoms with Gasteiger partial charge in [-0.15, -0.1) is 0 Å². The highest BCUT2D eigenvalue weighted by molar-refractivity contribution is 5.68. The molecule has 2 heterocycles. The smallest absolute Gasteiger partial charge is 0.306 e. The molecule has 3 nitrogen and oxygen atoms in total. The van der Waals surface area contributed by atoms with Gasteiger partial charge in [0.1, 0.15) is 5.67 Å². The van der Waals surface area contributed by atoms with Gasteiger partial charge in [-0.1, -0.05) is 0 Å². The van der Waals surface area contributed by atoms with Crippen molar-refractivity contribution in [2.75, 3.05) is 19.6 Å². The van der Waals surface area contributed by atoms with Gasteiger partial charge in [-0.3, -0.25) is 4.79 Å². The lowest BCUT2D eigenvalue weighted by atomic mass is 9.81. The van der Waals surface area contributed by atoms with Crippen LogP contribution in [-0.2, 0) is 4.79 Å². The van der Waals surface area contributed by atoms with Crippen molar-refractivity contribution in [3.63, 3.8) is 0 Å². The topological polar surface area (TPSA) is 40.5 Å². The minimum atomic E-state index is -1.43. The number of rotatable bonds is 2. The van der Waals surface area contributed by atoms with Gasteiger partial charge in [-0.2, -0.15) is 0 Å². The van der Waals surface area contributed by atoms with E-state index in [9.17, 15) is 9.18 Å². The number of aliphatic carboxylic acids is 1. The molecule has 2 saturated heterocycles. The van der Waals surface area contributed by atoms with Crippen LogP contribution in [0, 0.1) is 5.92 Å². The number of halogens is 1. The van der Waals surface area contributed by atoms with E-state index in [4.69, 9.17) is 5.11 Å². The molecule has 0 saturated carbocycles. The van der Waals surface area contributed by atoms with Gasteiger partial charge in [-0.05, 0) is 19.4 Å². The fraction of sp³-hybridized carbons (Fsp3) is 0.889. The van der Waals surface area contributed by atoms with Crippen LogP contribution in [0.5, 0.6) is 0 Å². The molecule has 74 valence electrons. The molecule has 0 aliphatic carbocycles. The number of carbonyl (C=O) groups is 1. The maximum absolute atomic E-state index is 14.1.